The van der Waals surface area contributed by atoms with E-state index in [9.17, 15) is 5.11 Å². The molecule has 1 N–H and O–H groups in total. The summed E-state index contributed by atoms with van der Waals surface area (Å²) in [7, 11) is 3.97. The maximum Gasteiger partial charge on any atom is 0.184 e. The molecule has 0 aliphatic heterocycles. The Morgan fingerprint density at radius 2 is 2.31 bits per heavy atom. The van der Waals surface area contributed by atoms with Crippen LogP contribution < -0.4 is 4.90 Å². The van der Waals surface area contributed by atoms with Gasteiger partial charge in [0, 0.05) is 30.6 Å². The number of hydrogen-bond donors (Lipinski definition) is 1. The molecule has 1 aromatic heterocycles. The summed E-state index contributed by atoms with van der Waals surface area (Å²) in [5.74, 6) is 0. The van der Waals surface area contributed by atoms with Crippen molar-refractivity contribution in [3.8, 4) is 0 Å². The summed E-state index contributed by atoms with van der Waals surface area (Å²) < 4.78 is 0. The van der Waals surface area contributed by atoms with Crippen LogP contribution in [-0.2, 0) is 5.41 Å². The number of aliphatic hydroxyl groups excluding tert-OH is 1. The number of hydrogen-bond acceptors (Lipinski definition) is 4. The van der Waals surface area contributed by atoms with Gasteiger partial charge in [0.05, 0.1) is 6.61 Å². The predicted octanol–water partition coefficient (Wildman–Crippen LogP) is 1.23. The van der Waals surface area contributed by atoms with Crippen LogP contribution in [0.5, 0.6) is 0 Å². The topological polar surface area (TPSA) is 36.4 Å². The van der Waals surface area contributed by atoms with Gasteiger partial charge in [0.15, 0.2) is 5.13 Å². The second-order valence-electron chi connectivity index (χ2n) is 3.84. The highest BCUT2D eigenvalue weighted by molar-refractivity contribution is 7.15. The van der Waals surface area contributed by atoms with Gasteiger partial charge >= 0.3 is 0 Å². The molecule has 1 fully saturated rings. The molecule has 1 aliphatic rings. The van der Waals surface area contributed by atoms with Crippen LogP contribution in [0.1, 0.15) is 17.7 Å². The van der Waals surface area contributed by atoms with Gasteiger partial charge in [-0.25, -0.2) is 4.98 Å². The summed E-state index contributed by atoms with van der Waals surface area (Å²) in [6.07, 6.45) is 4.13. The molecule has 1 saturated carbocycles. The molecule has 4 heteroatoms. The lowest BCUT2D eigenvalue weighted by Crippen LogP contribution is -2.09. The van der Waals surface area contributed by atoms with Crippen molar-refractivity contribution in [3.63, 3.8) is 0 Å². The predicted molar refractivity (Wildman–Crippen MR) is 54.4 cm³/mol. The van der Waals surface area contributed by atoms with Crippen molar-refractivity contribution in [3.05, 3.63) is 11.1 Å². The third kappa shape index (κ3) is 1.44. The summed E-state index contributed by atoms with van der Waals surface area (Å²) in [4.78, 5) is 7.54. The maximum absolute atomic E-state index is 9.22. The first-order chi connectivity index (χ1) is 6.18. The van der Waals surface area contributed by atoms with Gasteiger partial charge in [-0.05, 0) is 12.8 Å². The first kappa shape index (κ1) is 8.97. The summed E-state index contributed by atoms with van der Waals surface area (Å²) in [5.41, 5.74) is 0.0753. The molecule has 0 radical (unpaired) electrons. The molecule has 3 nitrogen and oxygen atoms in total. The van der Waals surface area contributed by atoms with Crippen molar-refractivity contribution >= 4 is 16.5 Å². The normalized spacial score (nSPS) is 18.7. The minimum Gasteiger partial charge on any atom is -0.395 e. The van der Waals surface area contributed by atoms with Crippen molar-refractivity contribution in [1.29, 1.82) is 0 Å². The first-order valence-electron chi connectivity index (χ1n) is 4.42. The van der Waals surface area contributed by atoms with Crippen molar-refractivity contribution in [2.24, 2.45) is 0 Å². The molecule has 0 atom stereocenters. The Balaban J connectivity index is 2.23. The van der Waals surface area contributed by atoms with E-state index < -0.39 is 0 Å². The van der Waals surface area contributed by atoms with E-state index in [1.54, 1.807) is 11.3 Å². The molecule has 1 aromatic rings. The smallest absolute Gasteiger partial charge is 0.184 e. The van der Waals surface area contributed by atoms with Crippen molar-refractivity contribution in [1.82, 2.24) is 4.98 Å². The number of rotatable bonds is 3. The molecular weight excluding hydrogens is 184 g/mol. The van der Waals surface area contributed by atoms with Gasteiger partial charge in [0.25, 0.3) is 0 Å². The van der Waals surface area contributed by atoms with Crippen LogP contribution in [0.15, 0.2) is 6.20 Å². The Labute approximate surface area is 82.0 Å². The van der Waals surface area contributed by atoms with Gasteiger partial charge in [-0.2, -0.15) is 0 Å². The van der Waals surface area contributed by atoms with Crippen LogP contribution >= 0.6 is 11.3 Å². The molecule has 1 aliphatic carbocycles. The van der Waals surface area contributed by atoms with E-state index in [2.05, 4.69) is 4.98 Å². The van der Waals surface area contributed by atoms with Crippen LogP contribution in [0.4, 0.5) is 5.13 Å². The van der Waals surface area contributed by atoms with Crippen molar-refractivity contribution < 1.29 is 5.11 Å². The fourth-order valence-electron chi connectivity index (χ4n) is 1.35. The second-order valence-corrected chi connectivity index (χ2v) is 4.85. The van der Waals surface area contributed by atoms with Crippen molar-refractivity contribution in [2.75, 3.05) is 25.6 Å². The molecule has 0 aromatic carbocycles. The SMILES string of the molecule is CN(C)c1ncc(C2(CO)CC2)s1. The van der Waals surface area contributed by atoms with Gasteiger partial charge in [-0.15, -0.1) is 11.3 Å². The van der Waals surface area contributed by atoms with E-state index in [0.717, 1.165) is 18.0 Å². The van der Waals surface area contributed by atoms with Crippen LogP contribution in [0, 0.1) is 0 Å². The Morgan fingerprint density at radius 1 is 1.62 bits per heavy atom. The van der Waals surface area contributed by atoms with Gasteiger partial charge in [0.1, 0.15) is 0 Å². The Kier molecular flexibility index (Phi) is 2.04. The Bertz CT molecular complexity index is 304. The number of aromatic nitrogens is 1. The van der Waals surface area contributed by atoms with E-state index in [1.165, 1.54) is 4.88 Å². The highest BCUT2D eigenvalue weighted by Crippen LogP contribution is 2.50. The van der Waals surface area contributed by atoms with E-state index in [-0.39, 0.29) is 12.0 Å². The molecule has 0 saturated heterocycles. The van der Waals surface area contributed by atoms with Gasteiger partial charge in [-0.1, -0.05) is 0 Å². The first-order valence-corrected chi connectivity index (χ1v) is 5.24. The minimum absolute atomic E-state index is 0.0753. The number of anilines is 1. The Morgan fingerprint density at radius 3 is 2.69 bits per heavy atom. The molecule has 0 bridgehead atoms. The van der Waals surface area contributed by atoms with Crippen LogP contribution in [-0.4, -0.2) is 30.8 Å². The zero-order valence-electron chi connectivity index (χ0n) is 7.95. The van der Waals surface area contributed by atoms with Gasteiger partial charge in [0.2, 0.25) is 0 Å². The fraction of sp³-hybridized carbons (Fsp3) is 0.667. The number of aliphatic hydroxyl groups is 1. The molecule has 2 rings (SSSR count). The minimum atomic E-state index is 0.0753. The van der Waals surface area contributed by atoms with Crippen LogP contribution in [0.2, 0.25) is 0 Å². The Hall–Kier alpha value is -0.610. The molecular formula is C9H14N2OS. The molecule has 1 heterocycles. The van der Waals surface area contributed by atoms with E-state index in [4.69, 9.17) is 0 Å². The average molecular weight is 198 g/mol. The maximum atomic E-state index is 9.22. The zero-order chi connectivity index (χ0) is 9.47. The largest absolute Gasteiger partial charge is 0.395 e. The molecule has 0 amide bonds. The van der Waals surface area contributed by atoms with Gasteiger partial charge in [-0.3, -0.25) is 0 Å². The third-order valence-electron chi connectivity index (χ3n) is 2.55. The average Bonchev–Trinajstić information content (AvgIpc) is 2.75. The van der Waals surface area contributed by atoms with E-state index in [0.29, 0.717) is 0 Å². The highest BCUT2D eigenvalue weighted by atomic mass is 32.1. The summed E-state index contributed by atoms with van der Waals surface area (Å²) in [5, 5.41) is 10.2. The molecule has 72 valence electrons. The lowest BCUT2D eigenvalue weighted by atomic mass is 10.1. The highest BCUT2D eigenvalue weighted by Gasteiger charge is 2.45. The van der Waals surface area contributed by atoms with E-state index >= 15 is 0 Å². The van der Waals surface area contributed by atoms with Gasteiger partial charge < -0.3 is 10.0 Å². The number of thiazole rings is 1. The van der Waals surface area contributed by atoms with Crippen LogP contribution in [0.3, 0.4) is 0 Å². The fourth-order valence-corrected chi connectivity index (χ4v) is 2.43. The molecule has 0 spiro atoms. The lowest BCUT2D eigenvalue weighted by molar-refractivity contribution is 0.257. The summed E-state index contributed by atoms with van der Waals surface area (Å²) >= 11 is 1.69. The van der Waals surface area contributed by atoms with Crippen LogP contribution in [0.25, 0.3) is 0 Å². The van der Waals surface area contributed by atoms with E-state index in [1.807, 2.05) is 25.2 Å². The zero-order valence-corrected chi connectivity index (χ0v) is 8.77. The third-order valence-corrected chi connectivity index (χ3v) is 3.97. The monoisotopic (exact) mass is 198 g/mol. The van der Waals surface area contributed by atoms with Crippen molar-refractivity contribution in [2.45, 2.75) is 18.3 Å². The summed E-state index contributed by atoms with van der Waals surface area (Å²) in [6, 6.07) is 0. The lowest BCUT2D eigenvalue weighted by Gasteiger charge is -2.08. The molecule has 13 heavy (non-hydrogen) atoms. The second kappa shape index (κ2) is 2.96. The summed E-state index contributed by atoms with van der Waals surface area (Å²) in [6.45, 7) is 0.266. The molecule has 0 unspecified atom stereocenters. The quantitative estimate of drug-likeness (QED) is 0.793. The standard InChI is InChI=1S/C9H14N2OS/c1-11(2)8-10-5-7(13-8)9(6-12)3-4-9/h5,12H,3-4,6H2,1-2H3. The number of nitrogens with zero attached hydrogens (tertiary/aromatic N) is 2.